The van der Waals surface area contributed by atoms with Gasteiger partial charge in [-0.3, -0.25) is 0 Å². The Morgan fingerprint density at radius 1 is 0.396 bits per heavy atom. The molecule has 10 rings (SSSR count). The quantitative estimate of drug-likeness (QED) is 0.194. The number of benzene rings is 7. The van der Waals surface area contributed by atoms with Crippen molar-refractivity contribution in [2.24, 2.45) is 0 Å². The van der Waals surface area contributed by atoms with Crippen molar-refractivity contribution in [3.63, 3.8) is 0 Å². The molecule has 0 radical (unpaired) electrons. The third-order valence-electron chi connectivity index (χ3n) is 9.13. The van der Waals surface area contributed by atoms with E-state index in [1.807, 2.05) is 35.6 Å². The molecule has 0 saturated carbocycles. The van der Waals surface area contributed by atoms with Crippen LogP contribution >= 0.6 is 11.3 Å². The van der Waals surface area contributed by atoms with Gasteiger partial charge in [0.25, 0.3) is 0 Å². The fourth-order valence-corrected chi connectivity index (χ4v) is 7.98. The molecule has 4 nitrogen and oxygen atoms in total. The summed E-state index contributed by atoms with van der Waals surface area (Å²) >= 11 is 1.81. The van der Waals surface area contributed by atoms with E-state index in [4.69, 9.17) is 19.4 Å². The summed E-state index contributed by atoms with van der Waals surface area (Å²) in [6.07, 6.45) is 0. The van der Waals surface area contributed by atoms with E-state index in [1.54, 1.807) is 0 Å². The summed E-state index contributed by atoms with van der Waals surface area (Å²) < 4.78 is 9.14. The molecule has 3 heterocycles. The Hall–Kier alpha value is -6.17. The van der Waals surface area contributed by atoms with Gasteiger partial charge in [-0.2, -0.15) is 0 Å². The molecule has 48 heavy (non-hydrogen) atoms. The topological polar surface area (TPSA) is 51.8 Å². The second kappa shape index (κ2) is 10.7. The first-order valence-corrected chi connectivity index (χ1v) is 16.8. The summed E-state index contributed by atoms with van der Waals surface area (Å²) in [4.78, 5) is 15.4. The normalized spacial score (nSPS) is 11.8. The smallest absolute Gasteiger partial charge is 0.164 e. The molecule has 5 heteroatoms. The van der Waals surface area contributed by atoms with E-state index >= 15 is 0 Å². The number of hydrogen-bond donors (Lipinski definition) is 0. The number of fused-ring (bicyclic) bond motifs is 8. The van der Waals surface area contributed by atoms with Gasteiger partial charge < -0.3 is 4.42 Å². The van der Waals surface area contributed by atoms with Gasteiger partial charge in [0, 0.05) is 53.0 Å². The fourth-order valence-electron chi connectivity index (χ4n) is 6.90. The van der Waals surface area contributed by atoms with Crippen LogP contribution in [-0.2, 0) is 0 Å². The Kier molecular flexibility index (Phi) is 6.01. The summed E-state index contributed by atoms with van der Waals surface area (Å²) in [6.45, 7) is 0. The summed E-state index contributed by atoms with van der Waals surface area (Å²) in [7, 11) is 0. The molecule has 0 unspecified atom stereocenters. The van der Waals surface area contributed by atoms with E-state index < -0.39 is 0 Å². The van der Waals surface area contributed by atoms with Crippen LogP contribution in [0.4, 0.5) is 0 Å². The number of thiophene rings is 1. The Bertz CT molecular complexity index is 2840. The van der Waals surface area contributed by atoms with Crippen molar-refractivity contribution in [2.45, 2.75) is 0 Å². The molecule has 10 aromatic rings. The molecular formula is C43H25N3OS. The maximum atomic E-state index is 6.62. The summed E-state index contributed by atoms with van der Waals surface area (Å²) in [6, 6.07) is 52.6. The molecule has 0 atom stereocenters. The zero-order valence-corrected chi connectivity index (χ0v) is 26.4. The summed E-state index contributed by atoms with van der Waals surface area (Å²) in [5.74, 6) is 1.90. The van der Waals surface area contributed by atoms with Crippen LogP contribution in [0.1, 0.15) is 0 Å². The molecule has 0 aliphatic heterocycles. The van der Waals surface area contributed by atoms with Crippen molar-refractivity contribution >= 4 is 64.2 Å². The van der Waals surface area contributed by atoms with Gasteiger partial charge in [-0.25, -0.2) is 15.0 Å². The molecule has 0 saturated heterocycles. The van der Waals surface area contributed by atoms with E-state index in [2.05, 4.69) is 127 Å². The van der Waals surface area contributed by atoms with Crippen molar-refractivity contribution in [1.82, 2.24) is 15.0 Å². The minimum atomic E-state index is 0.624. The van der Waals surface area contributed by atoms with Crippen LogP contribution in [-0.4, -0.2) is 15.0 Å². The van der Waals surface area contributed by atoms with E-state index in [1.165, 1.54) is 20.2 Å². The van der Waals surface area contributed by atoms with E-state index in [9.17, 15) is 0 Å². The highest BCUT2D eigenvalue weighted by atomic mass is 32.1. The number of aromatic nitrogens is 3. The first kappa shape index (κ1) is 27.0. The lowest BCUT2D eigenvalue weighted by molar-refractivity contribution is 0.673. The maximum Gasteiger partial charge on any atom is 0.164 e. The summed E-state index contributed by atoms with van der Waals surface area (Å²) in [5.41, 5.74) is 6.82. The Morgan fingerprint density at radius 2 is 1.04 bits per heavy atom. The first-order chi connectivity index (χ1) is 23.8. The average Bonchev–Trinajstić information content (AvgIpc) is 3.73. The van der Waals surface area contributed by atoms with Crippen LogP contribution in [0.3, 0.4) is 0 Å². The summed E-state index contributed by atoms with van der Waals surface area (Å²) in [5, 5.41) is 6.62. The highest BCUT2D eigenvalue weighted by Crippen LogP contribution is 2.43. The molecule has 0 fully saturated rings. The highest BCUT2D eigenvalue weighted by molar-refractivity contribution is 7.25. The second-order valence-electron chi connectivity index (χ2n) is 12.0. The zero-order chi connectivity index (χ0) is 31.6. The molecule has 0 aliphatic rings. The largest absolute Gasteiger partial charge is 0.455 e. The monoisotopic (exact) mass is 631 g/mol. The number of hydrogen-bond acceptors (Lipinski definition) is 5. The molecular weight excluding hydrogens is 607 g/mol. The van der Waals surface area contributed by atoms with Crippen molar-refractivity contribution in [3.8, 4) is 45.3 Å². The standard InChI is InChI=1S/C43H25N3OS/c1-3-12-26(13-4-1)29-19-11-20-36-39(29)35-25-34(30-16-7-8-18-32(30)40(35)47-36)43-45-41(27-14-5-2-6-15-27)44-42(46-43)28-22-23-38-33(24-28)31-17-9-10-21-37(31)48-38/h1-25H. The van der Waals surface area contributed by atoms with Crippen molar-refractivity contribution in [1.29, 1.82) is 0 Å². The SMILES string of the molecule is c1ccc(-c2nc(-c3ccc4sc5ccccc5c4c3)nc(-c3cc4c(oc5cccc(-c6ccccc6)c54)c4ccccc34)n2)cc1. The zero-order valence-electron chi connectivity index (χ0n) is 25.6. The van der Waals surface area contributed by atoms with Gasteiger partial charge in [0.1, 0.15) is 11.2 Å². The van der Waals surface area contributed by atoms with Crippen LogP contribution < -0.4 is 0 Å². The minimum Gasteiger partial charge on any atom is -0.455 e. The third-order valence-corrected chi connectivity index (χ3v) is 10.3. The van der Waals surface area contributed by atoms with Gasteiger partial charge in [0.2, 0.25) is 0 Å². The van der Waals surface area contributed by atoms with Crippen molar-refractivity contribution in [2.75, 3.05) is 0 Å². The van der Waals surface area contributed by atoms with Crippen LogP contribution in [0.5, 0.6) is 0 Å². The lowest BCUT2D eigenvalue weighted by atomic mass is 9.96. The maximum absolute atomic E-state index is 6.62. The van der Waals surface area contributed by atoms with E-state index in [0.29, 0.717) is 17.5 Å². The van der Waals surface area contributed by atoms with Gasteiger partial charge in [0.15, 0.2) is 17.5 Å². The number of furan rings is 1. The Balaban J connectivity index is 1.27. The van der Waals surface area contributed by atoms with Gasteiger partial charge in [-0.05, 0) is 52.9 Å². The lowest BCUT2D eigenvalue weighted by Crippen LogP contribution is -2.00. The Morgan fingerprint density at radius 3 is 1.85 bits per heavy atom. The van der Waals surface area contributed by atoms with Gasteiger partial charge in [-0.15, -0.1) is 11.3 Å². The van der Waals surface area contributed by atoms with Crippen LogP contribution in [0, 0.1) is 0 Å². The van der Waals surface area contributed by atoms with Gasteiger partial charge in [0.05, 0.1) is 0 Å². The molecule has 0 bridgehead atoms. The van der Waals surface area contributed by atoms with E-state index in [0.717, 1.165) is 60.5 Å². The lowest BCUT2D eigenvalue weighted by Gasteiger charge is -2.11. The molecule has 0 aliphatic carbocycles. The minimum absolute atomic E-state index is 0.624. The fraction of sp³-hybridized carbons (Fsp3) is 0. The van der Waals surface area contributed by atoms with Crippen LogP contribution in [0.2, 0.25) is 0 Å². The molecule has 7 aromatic carbocycles. The molecule has 3 aromatic heterocycles. The highest BCUT2D eigenvalue weighted by Gasteiger charge is 2.20. The van der Waals surface area contributed by atoms with Crippen molar-refractivity contribution < 1.29 is 4.42 Å². The predicted octanol–water partition coefficient (Wildman–Crippen LogP) is 12.0. The number of nitrogens with zero attached hydrogens (tertiary/aromatic N) is 3. The molecule has 0 amide bonds. The van der Waals surface area contributed by atoms with Crippen LogP contribution in [0.25, 0.3) is 98.2 Å². The molecule has 0 spiro atoms. The number of rotatable bonds is 4. The second-order valence-corrected chi connectivity index (χ2v) is 13.1. The molecule has 0 N–H and O–H groups in total. The predicted molar refractivity (Wildman–Crippen MR) is 199 cm³/mol. The van der Waals surface area contributed by atoms with E-state index in [-0.39, 0.29) is 0 Å². The molecule has 224 valence electrons. The van der Waals surface area contributed by atoms with Gasteiger partial charge in [-0.1, -0.05) is 115 Å². The van der Waals surface area contributed by atoms with Crippen molar-refractivity contribution in [3.05, 3.63) is 152 Å². The van der Waals surface area contributed by atoms with Gasteiger partial charge >= 0.3 is 0 Å². The Labute approximate surface area is 279 Å². The average molecular weight is 632 g/mol. The van der Waals surface area contributed by atoms with Crippen LogP contribution in [0.15, 0.2) is 156 Å². The third kappa shape index (κ3) is 4.25. The first-order valence-electron chi connectivity index (χ1n) is 15.9.